The third-order valence-corrected chi connectivity index (χ3v) is 2.17. The van der Waals surface area contributed by atoms with E-state index in [-0.39, 0.29) is 17.5 Å². The number of aliphatic carboxylic acids is 1. The molecule has 0 bridgehead atoms. The van der Waals surface area contributed by atoms with E-state index in [0.29, 0.717) is 0 Å². The molecule has 0 saturated carbocycles. The summed E-state index contributed by atoms with van der Waals surface area (Å²) in [7, 11) is 0. The first-order valence-corrected chi connectivity index (χ1v) is 4.71. The Kier molecular flexibility index (Phi) is 4.15. The summed E-state index contributed by atoms with van der Waals surface area (Å²) in [5, 5.41) is 35.3. The molecule has 17 heavy (non-hydrogen) atoms. The van der Waals surface area contributed by atoms with Gasteiger partial charge in [-0.1, -0.05) is 12.1 Å². The third-order valence-electron chi connectivity index (χ3n) is 2.17. The van der Waals surface area contributed by atoms with Crippen LogP contribution in [0.2, 0.25) is 0 Å². The lowest BCUT2D eigenvalue weighted by atomic mass is 10.0. The Morgan fingerprint density at radius 3 is 2.59 bits per heavy atom. The molecular formula is C11H10FNO4. The highest BCUT2D eigenvalue weighted by Crippen LogP contribution is 2.21. The highest BCUT2D eigenvalue weighted by atomic mass is 19.1. The number of nitriles is 1. The summed E-state index contributed by atoms with van der Waals surface area (Å²) < 4.78 is 13.5. The molecular weight excluding hydrogens is 229 g/mol. The zero-order chi connectivity index (χ0) is 13.0. The molecule has 0 aliphatic rings. The van der Waals surface area contributed by atoms with Crippen LogP contribution in [0.1, 0.15) is 17.2 Å². The van der Waals surface area contributed by atoms with E-state index in [1.54, 1.807) is 0 Å². The molecule has 1 aromatic rings. The highest BCUT2D eigenvalue weighted by molar-refractivity contribution is 5.70. The fraction of sp³-hybridized carbons (Fsp3) is 0.273. The van der Waals surface area contributed by atoms with Gasteiger partial charge in [0.2, 0.25) is 0 Å². The molecule has 3 N–H and O–H groups in total. The largest absolute Gasteiger partial charge is 0.481 e. The van der Waals surface area contributed by atoms with Crippen molar-refractivity contribution in [3.63, 3.8) is 0 Å². The maximum Gasteiger partial charge on any atom is 0.307 e. The number of carboxylic acid groups (broad SMARTS) is 1. The van der Waals surface area contributed by atoms with Gasteiger partial charge in [0.1, 0.15) is 11.9 Å². The SMILES string of the molecule is N#CC(O)C(O)c1ccc(CC(=O)O)cc1F. The van der Waals surface area contributed by atoms with Crippen molar-refractivity contribution >= 4 is 5.97 Å². The van der Waals surface area contributed by atoms with E-state index in [0.717, 1.165) is 12.1 Å². The van der Waals surface area contributed by atoms with Crippen molar-refractivity contribution in [3.05, 3.63) is 35.1 Å². The molecule has 0 aliphatic carbocycles. The van der Waals surface area contributed by atoms with Gasteiger partial charge < -0.3 is 15.3 Å². The van der Waals surface area contributed by atoms with Gasteiger partial charge >= 0.3 is 5.97 Å². The average molecular weight is 239 g/mol. The number of aliphatic hydroxyl groups is 2. The van der Waals surface area contributed by atoms with Crippen molar-refractivity contribution in [1.82, 2.24) is 0 Å². The number of hydrogen-bond acceptors (Lipinski definition) is 4. The average Bonchev–Trinajstić information content (AvgIpc) is 2.26. The van der Waals surface area contributed by atoms with Crippen LogP contribution in [0.15, 0.2) is 18.2 Å². The quantitative estimate of drug-likeness (QED) is 0.659. The summed E-state index contributed by atoms with van der Waals surface area (Å²) in [6.45, 7) is 0. The molecule has 0 fully saturated rings. The molecule has 0 heterocycles. The van der Waals surface area contributed by atoms with Crippen LogP contribution in [0.4, 0.5) is 4.39 Å². The van der Waals surface area contributed by atoms with Crippen molar-refractivity contribution in [1.29, 1.82) is 5.26 Å². The topological polar surface area (TPSA) is 102 Å². The summed E-state index contributed by atoms with van der Waals surface area (Å²) in [6.07, 6.45) is -3.72. The number of rotatable bonds is 4. The van der Waals surface area contributed by atoms with E-state index in [2.05, 4.69) is 0 Å². The lowest BCUT2D eigenvalue weighted by Gasteiger charge is -2.13. The molecule has 1 aromatic carbocycles. The van der Waals surface area contributed by atoms with Crippen LogP contribution in [-0.2, 0) is 11.2 Å². The van der Waals surface area contributed by atoms with Gasteiger partial charge in [0, 0.05) is 5.56 Å². The molecule has 1 rings (SSSR count). The van der Waals surface area contributed by atoms with Gasteiger partial charge in [-0.2, -0.15) is 5.26 Å². The van der Waals surface area contributed by atoms with Crippen LogP contribution in [0, 0.1) is 17.1 Å². The Balaban J connectivity index is 2.98. The van der Waals surface area contributed by atoms with Crippen molar-refractivity contribution in [2.24, 2.45) is 0 Å². The molecule has 0 radical (unpaired) electrons. The smallest absolute Gasteiger partial charge is 0.307 e. The third kappa shape index (κ3) is 3.24. The molecule has 0 amide bonds. The number of nitrogens with zero attached hydrogens (tertiary/aromatic N) is 1. The summed E-state index contributed by atoms with van der Waals surface area (Å²) in [6, 6.07) is 4.81. The van der Waals surface area contributed by atoms with Crippen LogP contribution in [0.25, 0.3) is 0 Å². The number of hydrogen-bond donors (Lipinski definition) is 3. The van der Waals surface area contributed by atoms with E-state index in [4.69, 9.17) is 15.5 Å². The van der Waals surface area contributed by atoms with Crippen molar-refractivity contribution in [2.45, 2.75) is 18.6 Å². The lowest BCUT2D eigenvalue weighted by molar-refractivity contribution is -0.136. The van der Waals surface area contributed by atoms with Crippen LogP contribution in [-0.4, -0.2) is 27.4 Å². The molecule has 5 nitrogen and oxygen atoms in total. The Bertz CT molecular complexity index is 469. The Morgan fingerprint density at radius 2 is 2.12 bits per heavy atom. The number of benzene rings is 1. The van der Waals surface area contributed by atoms with Crippen LogP contribution in [0.5, 0.6) is 0 Å². The number of carboxylic acids is 1. The maximum absolute atomic E-state index is 13.5. The minimum Gasteiger partial charge on any atom is -0.481 e. The zero-order valence-electron chi connectivity index (χ0n) is 8.67. The van der Waals surface area contributed by atoms with Crippen molar-refractivity contribution in [3.8, 4) is 6.07 Å². The summed E-state index contributed by atoms with van der Waals surface area (Å²) in [5.74, 6) is -1.96. The number of carbonyl (C=O) groups is 1. The first kappa shape index (κ1) is 13.1. The second-order valence-corrected chi connectivity index (χ2v) is 3.45. The monoisotopic (exact) mass is 239 g/mol. The fourth-order valence-corrected chi connectivity index (χ4v) is 1.34. The molecule has 0 aromatic heterocycles. The summed E-state index contributed by atoms with van der Waals surface area (Å²) in [4.78, 5) is 10.4. The van der Waals surface area contributed by atoms with Gasteiger partial charge in [0.15, 0.2) is 6.10 Å². The van der Waals surface area contributed by atoms with Crippen LogP contribution < -0.4 is 0 Å². The van der Waals surface area contributed by atoms with E-state index in [1.165, 1.54) is 12.1 Å². The first-order chi connectivity index (χ1) is 7.95. The van der Waals surface area contributed by atoms with Crippen LogP contribution >= 0.6 is 0 Å². The van der Waals surface area contributed by atoms with E-state index < -0.39 is 24.0 Å². The summed E-state index contributed by atoms with van der Waals surface area (Å²) >= 11 is 0. The van der Waals surface area contributed by atoms with Gasteiger partial charge in [-0.05, 0) is 11.6 Å². The van der Waals surface area contributed by atoms with Gasteiger partial charge in [-0.25, -0.2) is 4.39 Å². The number of aliphatic hydroxyl groups excluding tert-OH is 2. The Morgan fingerprint density at radius 1 is 1.47 bits per heavy atom. The molecule has 2 unspecified atom stereocenters. The second-order valence-electron chi connectivity index (χ2n) is 3.45. The van der Waals surface area contributed by atoms with Gasteiger partial charge in [0.25, 0.3) is 0 Å². The zero-order valence-corrected chi connectivity index (χ0v) is 8.67. The molecule has 90 valence electrons. The molecule has 2 atom stereocenters. The van der Waals surface area contributed by atoms with Gasteiger partial charge in [0.05, 0.1) is 12.5 Å². The highest BCUT2D eigenvalue weighted by Gasteiger charge is 2.21. The van der Waals surface area contributed by atoms with Crippen LogP contribution in [0.3, 0.4) is 0 Å². The lowest BCUT2D eigenvalue weighted by Crippen LogP contribution is -2.17. The molecule has 6 heteroatoms. The van der Waals surface area contributed by atoms with E-state index >= 15 is 0 Å². The minimum absolute atomic E-state index is 0.234. The van der Waals surface area contributed by atoms with E-state index in [1.807, 2.05) is 0 Å². The Labute approximate surface area is 96.4 Å². The van der Waals surface area contributed by atoms with E-state index in [9.17, 15) is 14.3 Å². The normalized spacial score (nSPS) is 13.8. The van der Waals surface area contributed by atoms with Crippen molar-refractivity contribution in [2.75, 3.05) is 0 Å². The summed E-state index contributed by atoms with van der Waals surface area (Å²) in [5.41, 5.74) is -0.00872. The predicted octanol–water partition coefficient (Wildman–Crippen LogP) is 0.371. The number of halogens is 1. The Hall–Kier alpha value is -1.97. The molecule has 0 spiro atoms. The first-order valence-electron chi connectivity index (χ1n) is 4.71. The van der Waals surface area contributed by atoms with Gasteiger partial charge in [-0.3, -0.25) is 4.79 Å². The van der Waals surface area contributed by atoms with Crippen molar-refractivity contribution < 1.29 is 24.5 Å². The minimum atomic E-state index is -1.73. The maximum atomic E-state index is 13.5. The molecule has 0 saturated heterocycles. The predicted molar refractivity (Wildman–Crippen MR) is 54.3 cm³/mol. The van der Waals surface area contributed by atoms with Gasteiger partial charge in [-0.15, -0.1) is 0 Å². The second kappa shape index (κ2) is 5.39. The fourth-order valence-electron chi connectivity index (χ4n) is 1.34. The molecule has 0 aliphatic heterocycles. The standard InChI is InChI=1S/C11H10FNO4/c12-8-3-6(4-10(15)16)1-2-7(8)11(17)9(14)5-13/h1-3,9,11,14,17H,4H2,(H,15,16).